The van der Waals surface area contributed by atoms with E-state index in [1.807, 2.05) is 0 Å². The van der Waals surface area contributed by atoms with Gasteiger partial charge in [0.1, 0.15) is 0 Å². The number of ether oxygens (including phenoxy) is 1. The van der Waals surface area contributed by atoms with E-state index in [0.717, 1.165) is 25.7 Å². The Hall–Kier alpha value is 0.740. The van der Waals surface area contributed by atoms with E-state index in [9.17, 15) is 0 Å². The fourth-order valence-electron chi connectivity index (χ4n) is 2.55. The van der Waals surface area contributed by atoms with Crippen LogP contribution in [0, 0.1) is 0 Å². The van der Waals surface area contributed by atoms with Crippen LogP contribution in [0.2, 0.25) is 0 Å². The van der Waals surface area contributed by atoms with Crippen molar-refractivity contribution in [3.05, 3.63) is 0 Å². The molecule has 0 bridgehead atoms. The summed E-state index contributed by atoms with van der Waals surface area (Å²) in [5.74, 6) is 0. The first-order chi connectivity index (χ1) is 8.73. The van der Waals surface area contributed by atoms with E-state index in [4.69, 9.17) is 13.8 Å². The molecule has 1 saturated heterocycles. The third kappa shape index (κ3) is 5.80. The second kappa shape index (κ2) is 9.61. The topological polar surface area (TPSA) is 27.7 Å². The lowest BCUT2D eigenvalue weighted by molar-refractivity contribution is -0.0778. The minimum atomic E-state index is 0.304. The molecule has 108 valence electrons. The van der Waals surface area contributed by atoms with Crippen molar-refractivity contribution in [3.63, 3.8) is 0 Å². The molecule has 1 aliphatic heterocycles. The van der Waals surface area contributed by atoms with Crippen LogP contribution in [-0.4, -0.2) is 24.4 Å². The molecule has 0 saturated carbocycles. The molecule has 1 fully saturated rings. The van der Waals surface area contributed by atoms with Crippen LogP contribution in [0.25, 0.3) is 0 Å². The average Bonchev–Trinajstić information content (AvgIpc) is 2.42. The van der Waals surface area contributed by atoms with Crippen molar-refractivity contribution in [3.8, 4) is 0 Å². The Balaban J connectivity index is 2.35. The molecular weight excluding hydrogens is 266 g/mol. The van der Waals surface area contributed by atoms with Crippen LogP contribution >= 0.6 is 18.9 Å². The highest BCUT2D eigenvalue weighted by Gasteiger charge is 2.26. The molecule has 18 heavy (non-hydrogen) atoms. The fourth-order valence-corrected chi connectivity index (χ4v) is 3.16. The van der Waals surface area contributed by atoms with Crippen LogP contribution in [-0.2, 0) is 13.8 Å². The summed E-state index contributed by atoms with van der Waals surface area (Å²) in [7, 11) is 4.75. The Bertz CT molecular complexity index is 188. The van der Waals surface area contributed by atoms with Crippen LogP contribution in [0.3, 0.4) is 0 Å². The lowest BCUT2D eigenvalue weighted by atomic mass is 9.96. The van der Waals surface area contributed by atoms with Gasteiger partial charge in [-0.3, -0.25) is 0 Å². The molecular formula is C13H28O3P2. The van der Waals surface area contributed by atoms with Gasteiger partial charge in [-0.25, -0.2) is 0 Å². The van der Waals surface area contributed by atoms with E-state index in [0.29, 0.717) is 24.4 Å². The zero-order valence-electron chi connectivity index (χ0n) is 11.6. The van der Waals surface area contributed by atoms with Crippen LogP contribution < -0.4 is 0 Å². The van der Waals surface area contributed by atoms with E-state index in [1.54, 1.807) is 0 Å². The molecule has 0 N–H and O–H groups in total. The second-order valence-electron chi connectivity index (χ2n) is 5.12. The highest BCUT2D eigenvalue weighted by atomic mass is 31.0. The fraction of sp³-hybridized carbons (Fsp3) is 1.00. The van der Waals surface area contributed by atoms with Gasteiger partial charge in [-0.2, -0.15) is 0 Å². The van der Waals surface area contributed by atoms with Crippen molar-refractivity contribution < 1.29 is 13.8 Å². The van der Waals surface area contributed by atoms with E-state index < -0.39 is 0 Å². The maximum Gasteiger partial charge on any atom is 0.0633 e. The summed E-state index contributed by atoms with van der Waals surface area (Å²) >= 11 is 0. The smallest absolute Gasteiger partial charge is 0.0633 e. The SMILES string of the molecule is CCC(C[C@H]1CCC[C@@H](C[C@H](CC)OP)O1)OP. The summed E-state index contributed by atoms with van der Waals surface area (Å²) < 4.78 is 16.9. The minimum absolute atomic E-state index is 0.304. The Labute approximate surface area is 116 Å². The van der Waals surface area contributed by atoms with Crippen LogP contribution in [0.4, 0.5) is 0 Å². The van der Waals surface area contributed by atoms with Crippen molar-refractivity contribution in [2.24, 2.45) is 0 Å². The summed E-state index contributed by atoms with van der Waals surface area (Å²) in [6.07, 6.45) is 9.02. The standard InChI is InChI=1S/C13H28O3P2/c1-3-10(15-17)8-12-6-5-7-13(14-12)9-11(4-2)16-18/h10-13H,3-9,17-18H2,1-2H3/t10-,11?,12-,13+/m0/s1. The van der Waals surface area contributed by atoms with E-state index in [1.165, 1.54) is 19.3 Å². The Kier molecular flexibility index (Phi) is 8.97. The predicted octanol–water partition coefficient (Wildman–Crippen LogP) is 3.87. The molecule has 0 aliphatic carbocycles. The summed E-state index contributed by atoms with van der Waals surface area (Å²) in [4.78, 5) is 0. The predicted molar refractivity (Wildman–Crippen MR) is 81.5 cm³/mol. The molecule has 3 nitrogen and oxygen atoms in total. The molecule has 6 atom stereocenters. The highest BCUT2D eigenvalue weighted by Crippen LogP contribution is 2.27. The second-order valence-corrected chi connectivity index (χ2v) is 5.66. The molecule has 1 aliphatic rings. The summed E-state index contributed by atoms with van der Waals surface area (Å²) in [6, 6.07) is 0. The van der Waals surface area contributed by atoms with Gasteiger partial charge in [-0.1, -0.05) is 13.8 Å². The highest BCUT2D eigenvalue weighted by molar-refractivity contribution is 7.10. The Morgan fingerprint density at radius 2 is 1.44 bits per heavy atom. The van der Waals surface area contributed by atoms with Gasteiger partial charge in [0.05, 0.1) is 24.4 Å². The number of hydrogen-bond acceptors (Lipinski definition) is 3. The van der Waals surface area contributed by atoms with Gasteiger partial charge in [0.25, 0.3) is 0 Å². The zero-order chi connectivity index (χ0) is 13.4. The average molecular weight is 294 g/mol. The van der Waals surface area contributed by atoms with Crippen LogP contribution in [0.1, 0.15) is 58.8 Å². The molecule has 3 unspecified atom stereocenters. The largest absolute Gasteiger partial charge is 0.375 e. The Morgan fingerprint density at radius 3 is 1.78 bits per heavy atom. The van der Waals surface area contributed by atoms with E-state index >= 15 is 0 Å². The third-order valence-electron chi connectivity index (χ3n) is 3.78. The lowest BCUT2D eigenvalue weighted by Crippen LogP contribution is -2.32. The Morgan fingerprint density at radius 1 is 1.00 bits per heavy atom. The maximum atomic E-state index is 6.18. The van der Waals surface area contributed by atoms with Gasteiger partial charge in [-0.15, -0.1) is 0 Å². The first-order valence-corrected chi connectivity index (χ1v) is 8.04. The normalized spacial score (nSPS) is 28.0. The summed E-state index contributed by atoms with van der Waals surface area (Å²) in [5.41, 5.74) is 0. The maximum absolute atomic E-state index is 6.18. The third-order valence-corrected chi connectivity index (χ3v) is 4.55. The first-order valence-electron chi connectivity index (χ1n) is 7.09. The zero-order valence-corrected chi connectivity index (χ0v) is 13.9. The quantitative estimate of drug-likeness (QED) is 0.636. The first kappa shape index (κ1) is 16.8. The van der Waals surface area contributed by atoms with E-state index in [2.05, 4.69) is 32.8 Å². The lowest BCUT2D eigenvalue weighted by Gasteiger charge is -2.33. The van der Waals surface area contributed by atoms with Crippen LogP contribution in [0.15, 0.2) is 0 Å². The van der Waals surface area contributed by atoms with Gasteiger partial charge in [0.15, 0.2) is 0 Å². The number of hydrogen-bond donors (Lipinski definition) is 0. The summed E-state index contributed by atoms with van der Waals surface area (Å²) in [6.45, 7) is 4.31. The molecule has 0 aromatic heterocycles. The molecule has 0 aromatic rings. The molecule has 0 spiro atoms. The monoisotopic (exact) mass is 294 g/mol. The van der Waals surface area contributed by atoms with Crippen molar-refractivity contribution in [1.29, 1.82) is 0 Å². The minimum Gasteiger partial charge on any atom is -0.375 e. The van der Waals surface area contributed by atoms with Gasteiger partial charge in [0.2, 0.25) is 0 Å². The molecule has 0 radical (unpaired) electrons. The van der Waals surface area contributed by atoms with Crippen molar-refractivity contribution >= 4 is 18.9 Å². The number of rotatable bonds is 8. The van der Waals surface area contributed by atoms with Crippen LogP contribution in [0.5, 0.6) is 0 Å². The van der Waals surface area contributed by atoms with Gasteiger partial charge >= 0.3 is 0 Å². The van der Waals surface area contributed by atoms with E-state index in [-0.39, 0.29) is 0 Å². The molecule has 0 amide bonds. The van der Waals surface area contributed by atoms with Crippen molar-refractivity contribution in [1.82, 2.24) is 0 Å². The molecule has 1 rings (SSSR count). The van der Waals surface area contributed by atoms with Crippen molar-refractivity contribution in [2.45, 2.75) is 83.2 Å². The molecule has 0 aromatic carbocycles. The summed E-state index contributed by atoms with van der Waals surface area (Å²) in [5, 5.41) is 0. The van der Waals surface area contributed by atoms with Crippen molar-refractivity contribution in [2.75, 3.05) is 0 Å². The molecule has 1 heterocycles. The van der Waals surface area contributed by atoms with Gasteiger partial charge in [-0.05, 0) is 32.1 Å². The van der Waals surface area contributed by atoms with Gasteiger partial charge in [0, 0.05) is 31.8 Å². The molecule has 5 heteroatoms. The van der Waals surface area contributed by atoms with Gasteiger partial charge < -0.3 is 13.8 Å².